The normalized spacial score (nSPS) is 11.4. The third-order valence-corrected chi connectivity index (χ3v) is 3.73. The van der Waals surface area contributed by atoms with Gasteiger partial charge in [0, 0.05) is 18.1 Å². The minimum absolute atomic E-state index is 0.0498. The first-order valence-corrected chi connectivity index (χ1v) is 7.35. The maximum Gasteiger partial charge on any atom is 0.416 e. The van der Waals surface area contributed by atoms with E-state index in [1.807, 2.05) is 0 Å². The Bertz CT molecular complexity index is 730. The molecule has 2 aromatic carbocycles. The lowest BCUT2D eigenvalue weighted by Crippen LogP contribution is -2.28. The molecular weight excluding hydrogens is 378 g/mol. The molecule has 0 aliphatic rings. The number of benzene rings is 2. The van der Waals surface area contributed by atoms with E-state index in [9.17, 15) is 22.4 Å². The smallest absolute Gasteiger partial charge is 0.337 e. The van der Waals surface area contributed by atoms with E-state index >= 15 is 0 Å². The van der Waals surface area contributed by atoms with Gasteiger partial charge in [-0.05, 0) is 29.8 Å². The number of nitrogens with zero attached hydrogens (tertiary/aromatic N) is 1. The highest BCUT2D eigenvalue weighted by molar-refractivity contribution is 9.10. The van der Waals surface area contributed by atoms with Gasteiger partial charge < -0.3 is 4.90 Å². The van der Waals surface area contributed by atoms with Gasteiger partial charge in [-0.2, -0.15) is 13.2 Å². The van der Waals surface area contributed by atoms with Crippen molar-refractivity contribution in [2.75, 3.05) is 7.05 Å². The van der Waals surface area contributed by atoms with Gasteiger partial charge in [-0.3, -0.25) is 4.79 Å². The molecule has 0 aliphatic carbocycles. The van der Waals surface area contributed by atoms with Crippen LogP contribution in [0.25, 0.3) is 0 Å². The molecule has 2 aromatic rings. The average molecular weight is 390 g/mol. The summed E-state index contributed by atoms with van der Waals surface area (Å²) < 4.78 is 53.2. The lowest BCUT2D eigenvalue weighted by molar-refractivity contribution is -0.138. The van der Waals surface area contributed by atoms with E-state index in [1.165, 1.54) is 37.4 Å². The predicted octanol–water partition coefficient (Wildman–Crippen LogP) is 4.88. The molecule has 0 unspecified atom stereocenters. The number of hydrogen-bond acceptors (Lipinski definition) is 1. The van der Waals surface area contributed by atoms with Crippen LogP contribution in [0, 0.1) is 5.82 Å². The van der Waals surface area contributed by atoms with Crippen LogP contribution in [0.2, 0.25) is 0 Å². The molecule has 1 amide bonds. The van der Waals surface area contributed by atoms with Crippen LogP contribution < -0.4 is 0 Å². The predicted molar refractivity (Wildman–Crippen MR) is 81.3 cm³/mol. The Morgan fingerprint density at radius 1 is 1.17 bits per heavy atom. The number of carbonyl (C=O) groups excluding carboxylic acids is 1. The third-order valence-electron chi connectivity index (χ3n) is 3.24. The fraction of sp³-hybridized carbons (Fsp3) is 0.188. The topological polar surface area (TPSA) is 20.3 Å². The van der Waals surface area contributed by atoms with E-state index in [0.717, 1.165) is 17.0 Å². The Hall–Kier alpha value is -1.89. The molecule has 0 fully saturated rings. The van der Waals surface area contributed by atoms with E-state index < -0.39 is 23.5 Å². The monoisotopic (exact) mass is 389 g/mol. The van der Waals surface area contributed by atoms with Crippen LogP contribution >= 0.6 is 15.9 Å². The Morgan fingerprint density at radius 2 is 1.83 bits per heavy atom. The van der Waals surface area contributed by atoms with Crippen LogP contribution in [0.1, 0.15) is 21.5 Å². The molecule has 0 aliphatic heterocycles. The van der Waals surface area contributed by atoms with Gasteiger partial charge in [0.25, 0.3) is 5.91 Å². The van der Waals surface area contributed by atoms with Crippen molar-refractivity contribution in [3.05, 3.63) is 69.4 Å². The van der Waals surface area contributed by atoms with Crippen molar-refractivity contribution >= 4 is 21.8 Å². The standard InChI is InChI=1S/C16H12BrF4NO/c1-22(15(23)12-8-11(17)6-7-14(12)18)9-10-4-2-3-5-13(10)16(19,20)21/h2-8H,9H2,1H3. The molecule has 0 spiro atoms. The summed E-state index contributed by atoms with van der Waals surface area (Å²) in [4.78, 5) is 13.3. The molecule has 23 heavy (non-hydrogen) atoms. The summed E-state index contributed by atoms with van der Waals surface area (Å²) in [7, 11) is 1.33. The summed E-state index contributed by atoms with van der Waals surface area (Å²) in [5.74, 6) is -1.42. The second-order valence-corrected chi connectivity index (χ2v) is 5.86. The lowest BCUT2D eigenvalue weighted by atomic mass is 10.1. The van der Waals surface area contributed by atoms with Gasteiger partial charge in [-0.1, -0.05) is 34.1 Å². The second-order valence-electron chi connectivity index (χ2n) is 4.94. The van der Waals surface area contributed by atoms with Gasteiger partial charge in [0.2, 0.25) is 0 Å². The summed E-state index contributed by atoms with van der Waals surface area (Å²) >= 11 is 3.13. The van der Waals surface area contributed by atoms with Gasteiger partial charge in [0.1, 0.15) is 5.82 Å². The van der Waals surface area contributed by atoms with Gasteiger partial charge in [-0.15, -0.1) is 0 Å². The number of alkyl halides is 3. The Kier molecular flexibility index (Phi) is 5.09. The van der Waals surface area contributed by atoms with Crippen molar-refractivity contribution in [2.24, 2.45) is 0 Å². The maximum atomic E-state index is 13.7. The SMILES string of the molecule is CN(Cc1ccccc1C(F)(F)F)C(=O)c1cc(Br)ccc1F. The number of carbonyl (C=O) groups is 1. The van der Waals surface area contributed by atoms with Gasteiger partial charge in [0.15, 0.2) is 0 Å². The maximum absolute atomic E-state index is 13.7. The number of halogens is 5. The van der Waals surface area contributed by atoms with Crippen molar-refractivity contribution in [2.45, 2.75) is 12.7 Å². The molecule has 0 heterocycles. The van der Waals surface area contributed by atoms with Crippen LogP contribution in [0.15, 0.2) is 46.9 Å². The first-order valence-electron chi connectivity index (χ1n) is 6.56. The Morgan fingerprint density at radius 3 is 2.48 bits per heavy atom. The average Bonchev–Trinajstić information content (AvgIpc) is 2.48. The van der Waals surface area contributed by atoms with Gasteiger partial charge >= 0.3 is 6.18 Å². The molecule has 0 atom stereocenters. The summed E-state index contributed by atoms with van der Waals surface area (Å²) in [6, 6.07) is 8.84. The fourth-order valence-electron chi connectivity index (χ4n) is 2.13. The van der Waals surface area contributed by atoms with E-state index in [0.29, 0.717) is 4.47 Å². The van der Waals surface area contributed by atoms with Crippen LogP contribution in [0.5, 0.6) is 0 Å². The van der Waals surface area contributed by atoms with Crippen molar-refractivity contribution in [3.63, 3.8) is 0 Å². The first kappa shape index (κ1) is 17.5. The van der Waals surface area contributed by atoms with Crippen LogP contribution in [-0.2, 0) is 12.7 Å². The molecule has 0 N–H and O–H groups in total. The summed E-state index contributed by atoms with van der Waals surface area (Å²) in [5.41, 5.74) is -1.06. The molecule has 122 valence electrons. The highest BCUT2D eigenvalue weighted by Gasteiger charge is 2.33. The summed E-state index contributed by atoms with van der Waals surface area (Å²) in [6.45, 7) is -0.277. The molecule has 2 rings (SSSR count). The van der Waals surface area contributed by atoms with E-state index in [4.69, 9.17) is 0 Å². The number of rotatable bonds is 3. The van der Waals surface area contributed by atoms with E-state index in [2.05, 4.69) is 15.9 Å². The summed E-state index contributed by atoms with van der Waals surface area (Å²) in [6.07, 6.45) is -4.51. The Labute approximate surface area is 138 Å². The van der Waals surface area contributed by atoms with Crippen molar-refractivity contribution in [1.82, 2.24) is 4.90 Å². The van der Waals surface area contributed by atoms with E-state index in [-0.39, 0.29) is 17.7 Å². The number of hydrogen-bond donors (Lipinski definition) is 0. The zero-order valence-corrected chi connectivity index (χ0v) is 13.6. The van der Waals surface area contributed by atoms with E-state index in [1.54, 1.807) is 0 Å². The molecule has 0 bridgehead atoms. The highest BCUT2D eigenvalue weighted by atomic mass is 79.9. The van der Waals surface area contributed by atoms with Crippen molar-refractivity contribution in [3.8, 4) is 0 Å². The quantitative estimate of drug-likeness (QED) is 0.685. The largest absolute Gasteiger partial charge is 0.416 e. The highest BCUT2D eigenvalue weighted by Crippen LogP contribution is 2.32. The van der Waals surface area contributed by atoms with Gasteiger partial charge in [0.05, 0.1) is 11.1 Å². The van der Waals surface area contributed by atoms with Crippen LogP contribution in [-0.4, -0.2) is 17.9 Å². The zero-order chi connectivity index (χ0) is 17.2. The summed E-state index contributed by atoms with van der Waals surface area (Å²) in [5, 5.41) is 0. The lowest BCUT2D eigenvalue weighted by Gasteiger charge is -2.20. The number of amides is 1. The van der Waals surface area contributed by atoms with Crippen molar-refractivity contribution < 1.29 is 22.4 Å². The molecule has 7 heteroatoms. The zero-order valence-electron chi connectivity index (χ0n) is 12.0. The van der Waals surface area contributed by atoms with Gasteiger partial charge in [-0.25, -0.2) is 4.39 Å². The van der Waals surface area contributed by atoms with Crippen LogP contribution in [0.4, 0.5) is 17.6 Å². The molecule has 0 saturated heterocycles. The molecule has 0 radical (unpaired) electrons. The fourth-order valence-corrected chi connectivity index (χ4v) is 2.49. The molecular formula is C16H12BrF4NO. The third kappa shape index (κ3) is 4.10. The second kappa shape index (κ2) is 6.70. The Balaban J connectivity index is 2.28. The minimum atomic E-state index is -4.51. The molecule has 0 saturated carbocycles. The molecule has 0 aromatic heterocycles. The van der Waals surface area contributed by atoms with Crippen molar-refractivity contribution in [1.29, 1.82) is 0 Å². The molecule has 2 nitrogen and oxygen atoms in total. The van der Waals surface area contributed by atoms with Crippen LogP contribution in [0.3, 0.4) is 0 Å². The minimum Gasteiger partial charge on any atom is -0.337 e. The first-order chi connectivity index (χ1) is 10.7.